The highest BCUT2D eigenvalue weighted by atomic mass is 32.2. The fraction of sp³-hybridized carbons (Fsp3) is 0.533. The first kappa shape index (κ1) is 13.0. The molecule has 2 fully saturated rings. The fourth-order valence-electron chi connectivity index (χ4n) is 3.25. The lowest BCUT2D eigenvalue weighted by Gasteiger charge is -2.54. The molecule has 1 aromatic rings. The van der Waals surface area contributed by atoms with Crippen LogP contribution in [0.2, 0.25) is 0 Å². The molecule has 0 bridgehead atoms. The van der Waals surface area contributed by atoms with Crippen LogP contribution in [-0.4, -0.2) is 18.0 Å². The Morgan fingerprint density at radius 3 is 2.63 bits per heavy atom. The van der Waals surface area contributed by atoms with Gasteiger partial charge in [0.15, 0.2) is 0 Å². The summed E-state index contributed by atoms with van der Waals surface area (Å²) in [6.07, 6.45) is 3.92. The van der Waals surface area contributed by atoms with Crippen molar-refractivity contribution < 1.29 is 9.13 Å². The maximum Gasteiger partial charge on any atom is 0.124 e. The standard InChI is InChI=1S/C15H16FNOS/c16-12-2-1-3-13(8-12)19-15(11-17)9-14(10-15)4-6-18-7-5-14/h1-3,8H,4-7,9-10H2. The van der Waals surface area contributed by atoms with E-state index in [0.29, 0.717) is 5.41 Å². The summed E-state index contributed by atoms with van der Waals surface area (Å²) in [6, 6.07) is 8.98. The molecule has 0 aromatic heterocycles. The quantitative estimate of drug-likeness (QED) is 0.825. The lowest BCUT2D eigenvalue weighted by molar-refractivity contribution is -0.0364. The minimum absolute atomic E-state index is 0.238. The maximum absolute atomic E-state index is 13.2. The van der Waals surface area contributed by atoms with Gasteiger partial charge in [-0.15, -0.1) is 11.8 Å². The molecule has 1 aliphatic carbocycles. The van der Waals surface area contributed by atoms with Crippen LogP contribution in [0, 0.1) is 22.6 Å². The van der Waals surface area contributed by atoms with Crippen molar-refractivity contribution in [1.29, 1.82) is 5.26 Å². The second kappa shape index (κ2) is 4.81. The predicted octanol–water partition coefficient (Wildman–Crippen LogP) is 3.77. The van der Waals surface area contributed by atoms with Crippen LogP contribution in [0.3, 0.4) is 0 Å². The number of nitrogens with zero attached hydrogens (tertiary/aromatic N) is 1. The highest BCUT2D eigenvalue weighted by molar-refractivity contribution is 8.01. The molecule has 1 heterocycles. The molecule has 1 saturated carbocycles. The van der Waals surface area contributed by atoms with Crippen LogP contribution in [-0.2, 0) is 4.74 Å². The Bertz CT molecular complexity index is 511. The van der Waals surface area contributed by atoms with Crippen molar-refractivity contribution in [3.05, 3.63) is 30.1 Å². The summed E-state index contributed by atoms with van der Waals surface area (Å²) in [6.45, 7) is 1.62. The molecule has 4 heteroatoms. The van der Waals surface area contributed by atoms with Gasteiger partial charge in [-0.25, -0.2) is 4.39 Å². The molecule has 0 unspecified atom stereocenters. The van der Waals surface area contributed by atoms with Crippen LogP contribution in [0.15, 0.2) is 29.2 Å². The molecule has 0 amide bonds. The molecule has 0 atom stereocenters. The third-order valence-electron chi connectivity index (χ3n) is 4.19. The number of hydrogen-bond acceptors (Lipinski definition) is 3. The van der Waals surface area contributed by atoms with Crippen LogP contribution in [0.4, 0.5) is 4.39 Å². The highest BCUT2D eigenvalue weighted by Crippen LogP contribution is 2.61. The summed E-state index contributed by atoms with van der Waals surface area (Å²) in [4.78, 5) is 0.850. The summed E-state index contributed by atoms with van der Waals surface area (Å²) in [7, 11) is 0. The van der Waals surface area contributed by atoms with Crippen molar-refractivity contribution >= 4 is 11.8 Å². The van der Waals surface area contributed by atoms with Crippen molar-refractivity contribution in [2.45, 2.75) is 35.3 Å². The average molecular weight is 277 g/mol. The van der Waals surface area contributed by atoms with E-state index in [-0.39, 0.29) is 10.6 Å². The Balaban J connectivity index is 1.71. The summed E-state index contributed by atoms with van der Waals surface area (Å²) in [5.74, 6) is -0.238. The molecule has 2 nitrogen and oxygen atoms in total. The Labute approximate surface area is 116 Å². The van der Waals surface area contributed by atoms with Gasteiger partial charge in [-0.3, -0.25) is 0 Å². The van der Waals surface area contributed by atoms with Gasteiger partial charge < -0.3 is 4.74 Å². The Morgan fingerprint density at radius 2 is 2.00 bits per heavy atom. The largest absolute Gasteiger partial charge is 0.381 e. The van der Waals surface area contributed by atoms with Crippen molar-refractivity contribution in [3.8, 4) is 6.07 Å². The number of rotatable bonds is 2. The van der Waals surface area contributed by atoms with Gasteiger partial charge in [-0.05, 0) is 49.3 Å². The second-order valence-corrected chi connectivity index (χ2v) is 7.09. The Kier molecular flexibility index (Phi) is 3.28. The van der Waals surface area contributed by atoms with Crippen molar-refractivity contribution in [2.24, 2.45) is 5.41 Å². The van der Waals surface area contributed by atoms with E-state index in [1.54, 1.807) is 6.07 Å². The molecule has 1 aliphatic heterocycles. The number of benzene rings is 1. The van der Waals surface area contributed by atoms with E-state index >= 15 is 0 Å². The molecule has 100 valence electrons. The zero-order valence-corrected chi connectivity index (χ0v) is 11.5. The van der Waals surface area contributed by atoms with Crippen molar-refractivity contribution in [1.82, 2.24) is 0 Å². The molecule has 0 N–H and O–H groups in total. The average Bonchev–Trinajstić information content (AvgIpc) is 2.38. The number of nitriles is 1. The number of thioether (sulfide) groups is 1. The molecule has 2 aliphatic rings. The van der Waals surface area contributed by atoms with E-state index in [2.05, 4.69) is 6.07 Å². The van der Waals surface area contributed by atoms with E-state index in [1.807, 2.05) is 6.07 Å². The third-order valence-corrected chi connectivity index (χ3v) is 5.45. The van der Waals surface area contributed by atoms with Crippen molar-refractivity contribution in [3.63, 3.8) is 0 Å². The molecule has 3 rings (SSSR count). The van der Waals surface area contributed by atoms with E-state index in [0.717, 1.165) is 43.8 Å². The predicted molar refractivity (Wildman–Crippen MR) is 72.3 cm³/mol. The monoisotopic (exact) mass is 277 g/mol. The van der Waals surface area contributed by atoms with Crippen LogP contribution >= 0.6 is 11.8 Å². The van der Waals surface area contributed by atoms with Gasteiger partial charge in [0.25, 0.3) is 0 Å². The van der Waals surface area contributed by atoms with Crippen LogP contribution in [0.1, 0.15) is 25.7 Å². The topological polar surface area (TPSA) is 33.0 Å². The summed E-state index contributed by atoms with van der Waals surface area (Å²) < 4.78 is 18.2. The fourth-order valence-corrected chi connectivity index (χ4v) is 4.82. The van der Waals surface area contributed by atoms with Gasteiger partial charge in [-0.2, -0.15) is 5.26 Å². The summed E-state index contributed by atoms with van der Waals surface area (Å²) in [5.41, 5.74) is 0.300. The van der Waals surface area contributed by atoms with Gasteiger partial charge in [0.05, 0.1) is 6.07 Å². The van der Waals surface area contributed by atoms with E-state index in [1.165, 1.54) is 23.9 Å². The van der Waals surface area contributed by atoms with Gasteiger partial charge in [0.1, 0.15) is 10.6 Å². The summed E-state index contributed by atoms with van der Waals surface area (Å²) in [5, 5.41) is 9.49. The van der Waals surface area contributed by atoms with Gasteiger partial charge in [-0.1, -0.05) is 6.07 Å². The zero-order valence-electron chi connectivity index (χ0n) is 10.7. The van der Waals surface area contributed by atoms with E-state index in [9.17, 15) is 9.65 Å². The minimum atomic E-state index is -0.370. The summed E-state index contributed by atoms with van der Waals surface area (Å²) >= 11 is 1.52. The number of ether oxygens (including phenoxy) is 1. The van der Waals surface area contributed by atoms with Crippen LogP contribution in [0.5, 0.6) is 0 Å². The zero-order chi connectivity index (χ0) is 13.3. The first-order chi connectivity index (χ1) is 9.15. The molecule has 1 aromatic carbocycles. The molecule has 1 saturated heterocycles. The number of halogens is 1. The lowest BCUT2D eigenvalue weighted by atomic mass is 9.58. The van der Waals surface area contributed by atoms with E-state index in [4.69, 9.17) is 4.74 Å². The van der Waals surface area contributed by atoms with Gasteiger partial charge >= 0.3 is 0 Å². The maximum atomic E-state index is 13.2. The highest BCUT2D eigenvalue weighted by Gasteiger charge is 2.55. The van der Waals surface area contributed by atoms with Crippen molar-refractivity contribution in [2.75, 3.05) is 13.2 Å². The number of hydrogen-bond donors (Lipinski definition) is 0. The van der Waals surface area contributed by atoms with Gasteiger partial charge in [0, 0.05) is 18.1 Å². The molecular formula is C15H16FNOS. The molecule has 19 heavy (non-hydrogen) atoms. The molecular weight excluding hydrogens is 261 g/mol. The minimum Gasteiger partial charge on any atom is -0.381 e. The van der Waals surface area contributed by atoms with Gasteiger partial charge in [0.2, 0.25) is 0 Å². The first-order valence-corrected chi connectivity index (χ1v) is 7.41. The molecule has 1 spiro atoms. The Hall–Kier alpha value is -1.05. The van der Waals surface area contributed by atoms with E-state index < -0.39 is 0 Å². The molecule has 0 radical (unpaired) electrons. The Morgan fingerprint density at radius 1 is 1.26 bits per heavy atom. The van der Waals surface area contributed by atoms with Crippen LogP contribution < -0.4 is 0 Å². The third kappa shape index (κ3) is 2.50. The first-order valence-electron chi connectivity index (χ1n) is 6.59. The van der Waals surface area contributed by atoms with Crippen LogP contribution in [0.25, 0.3) is 0 Å². The second-order valence-electron chi connectivity index (χ2n) is 5.63. The smallest absolute Gasteiger partial charge is 0.124 e. The lowest BCUT2D eigenvalue weighted by Crippen LogP contribution is -2.51. The SMILES string of the molecule is N#CC1(Sc2cccc(F)c2)CC2(CCOCC2)C1. The normalized spacial score (nSPS) is 23.6.